The van der Waals surface area contributed by atoms with Crippen LogP contribution < -0.4 is 14.8 Å². The van der Waals surface area contributed by atoms with Crippen LogP contribution in [0.1, 0.15) is 10.4 Å². The van der Waals surface area contributed by atoms with Gasteiger partial charge in [-0.15, -0.1) is 0 Å². The molecule has 1 N–H and O–H groups in total. The van der Waals surface area contributed by atoms with E-state index in [1.165, 1.54) is 12.1 Å². The number of nitrogens with zero attached hydrogens (tertiary/aromatic N) is 1. The Hall–Kier alpha value is -2.36. The molecule has 0 spiro atoms. The van der Waals surface area contributed by atoms with Gasteiger partial charge in [0.05, 0.1) is 11.0 Å². The van der Waals surface area contributed by atoms with Crippen molar-refractivity contribution in [1.29, 1.82) is 0 Å². The van der Waals surface area contributed by atoms with Crippen LogP contribution in [0, 0.1) is 13.7 Å². The first-order valence-corrected chi connectivity index (χ1v) is 7.77. The fraction of sp³-hybridized carbons (Fsp3) is 0.133. The molecule has 0 aromatic heterocycles. The first kappa shape index (κ1) is 15.5. The van der Waals surface area contributed by atoms with Crippen LogP contribution in [-0.2, 0) is 0 Å². The highest BCUT2D eigenvalue weighted by atomic mass is 127. The lowest BCUT2D eigenvalue weighted by Gasteiger charge is -2.18. The van der Waals surface area contributed by atoms with Crippen LogP contribution in [0.25, 0.3) is 0 Å². The maximum Gasteiger partial charge on any atom is 0.286 e. The summed E-state index contributed by atoms with van der Waals surface area (Å²) in [6, 6.07) is 9.71. The van der Waals surface area contributed by atoms with Crippen LogP contribution in [0.2, 0.25) is 0 Å². The van der Waals surface area contributed by atoms with E-state index >= 15 is 0 Å². The maximum absolute atomic E-state index is 12.4. The Morgan fingerprint density at radius 3 is 2.52 bits per heavy atom. The third-order valence-corrected chi connectivity index (χ3v) is 3.86. The minimum atomic E-state index is -0.609. The summed E-state index contributed by atoms with van der Waals surface area (Å²) in [5.74, 6) is 0.0269. The zero-order chi connectivity index (χ0) is 16.4. The number of carbonyl (C=O) groups excluding carboxylic acids is 1. The third kappa shape index (κ3) is 3.36. The van der Waals surface area contributed by atoms with E-state index in [1.807, 2.05) is 6.07 Å². The molecule has 0 aliphatic carbocycles. The molecule has 0 saturated heterocycles. The van der Waals surface area contributed by atoms with E-state index in [2.05, 4.69) is 27.9 Å². The first-order chi connectivity index (χ1) is 11.0. The van der Waals surface area contributed by atoms with Crippen molar-refractivity contribution in [2.24, 2.45) is 0 Å². The predicted molar refractivity (Wildman–Crippen MR) is 91.2 cm³/mol. The molecule has 1 heterocycles. The highest BCUT2D eigenvalue weighted by Gasteiger charge is 2.26. The lowest BCUT2D eigenvalue weighted by Crippen LogP contribution is -2.18. The Morgan fingerprint density at radius 1 is 1.17 bits per heavy atom. The number of rotatable bonds is 3. The fourth-order valence-electron chi connectivity index (χ4n) is 2.18. The molecular weight excluding hydrogens is 415 g/mol. The molecule has 118 valence electrons. The van der Waals surface area contributed by atoms with Crippen LogP contribution in [0.5, 0.6) is 11.5 Å². The molecule has 0 fully saturated rings. The molecular formula is C15H11IN2O5. The number of carbonyl (C=O) groups is 1. The molecule has 1 aliphatic heterocycles. The van der Waals surface area contributed by atoms with Crippen LogP contribution in [0.15, 0.2) is 36.4 Å². The number of benzene rings is 2. The van der Waals surface area contributed by atoms with Gasteiger partial charge in [-0.1, -0.05) is 6.07 Å². The van der Waals surface area contributed by atoms with Gasteiger partial charge in [0.25, 0.3) is 11.6 Å². The number of hydrogen-bond donors (Lipinski definition) is 1. The van der Waals surface area contributed by atoms with Gasteiger partial charge in [-0.3, -0.25) is 14.9 Å². The Kier molecular flexibility index (Phi) is 4.33. The van der Waals surface area contributed by atoms with E-state index in [-0.39, 0.29) is 17.0 Å². The number of anilines is 1. The minimum absolute atomic E-state index is 0.0712. The molecule has 8 heteroatoms. The maximum atomic E-state index is 12.4. The quantitative estimate of drug-likeness (QED) is 0.463. The van der Waals surface area contributed by atoms with Crippen molar-refractivity contribution in [3.8, 4) is 11.5 Å². The second-order valence-corrected chi connectivity index (χ2v) is 5.98. The van der Waals surface area contributed by atoms with Crippen molar-refractivity contribution < 1.29 is 19.2 Å². The van der Waals surface area contributed by atoms with Gasteiger partial charge < -0.3 is 14.8 Å². The zero-order valence-corrected chi connectivity index (χ0v) is 13.9. The molecule has 1 aliphatic rings. The Balaban J connectivity index is 1.97. The Morgan fingerprint density at radius 2 is 1.87 bits per heavy atom. The van der Waals surface area contributed by atoms with Gasteiger partial charge in [0.1, 0.15) is 18.8 Å². The molecule has 0 bridgehead atoms. The van der Waals surface area contributed by atoms with E-state index in [0.717, 1.165) is 3.57 Å². The molecule has 2 aromatic carbocycles. The van der Waals surface area contributed by atoms with E-state index < -0.39 is 10.8 Å². The molecule has 2 aromatic rings. The SMILES string of the molecule is O=C(Nc1cccc(I)c1)c1cc2c(cc1[N+](=O)[O-])OCCO2. The summed E-state index contributed by atoms with van der Waals surface area (Å²) in [7, 11) is 0. The smallest absolute Gasteiger partial charge is 0.286 e. The molecule has 0 radical (unpaired) electrons. The standard InChI is InChI=1S/C15H11IN2O5/c16-9-2-1-3-10(6-9)17-15(19)11-7-13-14(23-5-4-22-13)8-12(11)18(20)21/h1-3,6-8H,4-5H2,(H,17,19). The van der Waals surface area contributed by atoms with Crippen molar-refractivity contribution in [3.63, 3.8) is 0 Å². The van der Waals surface area contributed by atoms with Crippen LogP contribution in [-0.4, -0.2) is 24.0 Å². The summed E-state index contributed by atoms with van der Waals surface area (Å²) in [5.41, 5.74) is 0.168. The van der Waals surface area contributed by atoms with E-state index in [1.54, 1.807) is 18.2 Å². The van der Waals surface area contributed by atoms with Crippen LogP contribution in [0.4, 0.5) is 11.4 Å². The van der Waals surface area contributed by atoms with Gasteiger partial charge in [0.2, 0.25) is 0 Å². The first-order valence-electron chi connectivity index (χ1n) is 6.69. The van der Waals surface area contributed by atoms with Gasteiger partial charge in [0.15, 0.2) is 11.5 Å². The Labute approximate surface area is 144 Å². The Bertz CT molecular complexity index is 793. The number of hydrogen-bond acceptors (Lipinski definition) is 5. The second-order valence-electron chi connectivity index (χ2n) is 4.73. The number of ether oxygens (including phenoxy) is 2. The van der Waals surface area contributed by atoms with Crippen molar-refractivity contribution >= 4 is 39.9 Å². The van der Waals surface area contributed by atoms with Crippen molar-refractivity contribution in [2.75, 3.05) is 18.5 Å². The summed E-state index contributed by atoms with van der Waals surface area (Å²) in [4.78, 5) is 23.1. The fourth-order valence-corrected chi connectivity index (χ4v) is 2.72. The molecule has 7 nitrogen and oxygen atoms in total. The van der Waals surface area contributed by atoms with E-state index in [0.29, 0.717) is 24.7 Å². The normalized spacial score (nSPS) is 12.6. The number of nitro benzene ring substituents is 1. The molecule has 0 atom stereocenters. The average molecular weight is 426 g/mol. The minimum Gasteiger partial charge on any atom is -0.486 e. The van der Waals surface area contributed by atoms with Gasteiger partial charge in [0, 0.05) is 15.3 Å². The molecule has 3 rings (SSSR count). The highest BCUT2D eigenvalue weighted by molar-refractivity contribution is 14.1. The van der Waals surface area contributed by atoms with Gasteiger partial charge in [-0.2, -0.15) is 0 Å². The number of nitrogens with one attached hydrogen (secondary N) is 1. The third-order valence-electron chi connectivity index (χ3n) is 3.18. The van der Waals surface area contributed by atoms with Crippen molar-refractivity contribution in [3.05, 3.63) is 55.6 Å². The summed E-state index contributed by atoms with van der Waals surface area (Å²) in [6.07, 6.45) is 0. The summed E-state index contributed by atoms with van der Waals surface area (Å²) >= 11 is 2.12. The van der Waals surface area contributed by atoms with Crippen molar-refractivity contribution in [1.82, 2.24) is 0 Å². The lowest BCUT2D eigenvalue weighted by molar-refractivity contribution is -0.385. The summed E-state index contributed by atoms with van der Waals surface area (Å²) in [5, 5.41) is 13.9. The second kappa shape index (κ2) is 6.41. The molecule has 23 heavy (non-hydrogen) atoms. The number of nitro groups is 1. The average Bonchev–Trinajstić information content (AvgIpc) is 2.53. The number of amides is 1. The molecule has 1 amide bonds. The van der Waals surface area contributed by atoms with Gasteiger partial charge in [-0.05, 0) is 40.8 Å². The topological polar surface area (TPSA) is 90.7 Å². The molecule has 0 saturated carbocycles. The van der Waals surface area contributed by atoms with Gasteiger partial charge >= 0.3 is 0 Å². The largest absolute Gasteiger partial charge is 0.486 e. The van der Waals surface area contributed by atoms with E-state index in [4.69, 9.17) is 9.47 Å². The summed E-state index contributed by atoms with van der Waals surface area (Å²) < 4.78 is 11.7. The van der Waals surface area contributed by atoms with Crippen LogP contribution in [0.3, 0.4) is 0 Å². The lowest BCUT2D eigenvalue weighted by atomic mass is 10.1. The highest BCUT2D eigenvalue weighted by Crippen LogP contribution is 2.36. The zero-order valence-electron chi connectivity index (χ0n) is 11.7. The van der Waals surface area contributed by atoms with Crippen molar-refractivity contribution in [2.45, 2.75) is 0 Å². The summed E-state index contributed by atoms with van der Waals surface area (Å²) in [6.45, 7) is 0.654. The monoisotopic (exact) mass is 426 g/mol. The number of fused-ring (bicyclic) bond motifs is 1. The van der Waals surface area contributed by atoms with Gasteiger partial charge in [-0.25, -0.2) is 0 Å². The van der Waals surface area contributed by atoms with E-state index in [9.17, 15) is 14.9 Å². The number of halogens is 1. The predicted octanol–water partition coefficient (Wildman–Crippen LogP) is 3.22. The van der Waals surface area contributed by atoms with Crippen LogP contribution >= 0.6 is 22.6 Å². The molecule has 0 unspecified atom stereocenters.